The number of hydrogen-bond donors (Lipinski definition) is 0. The summed E-state index contributed by atoms with van der Waals surface area (Å²) in [6.07, 6.45) is 1.85. The summed E-state index contributed by atoms with van der Waals surface area (Å²) in [6.45, 7) is 0. The van der Waals surface area contributed by atoms with Gasteiger partial charge in [-0.25, -0.2) is 4.98 Å². The van der Waals surface area contributed by atoms with Crippen LogP contribution in [0.4, 0.5) is 17.2 Å². The molecule has 0 bridgehead atoms. The molecule has 1 aromatic heterocycles. The van der Waals surface area contributed by atoms with Crippen LogP contribution in [0, 0.1) is 0 Å². The largest absolute Gasteiger partial charge is 0.295 e. The Kier molecular flexibility index (Phi) is 6.50. The first-order chi connectivity index (χ1) is 23.3. The molecule has 0 amide bonds. The maximum Gasteiger partial charge on any atom is 0.137 e. The van der Waals surface area contributed by atoms with Crippen LogP contribution in [-0.2, 0) is 0 Å². The van der Waals surface area contributed by atoms with Crippen molar-refractivity contribution in [3.05, 3.63) is 182 Å². The lowest BCUT2D eigenvalue weighted by atomic mass is 9.85. The molecule has 220 valence electrons. The quantitative estimate of drug-likeness (QED) is 0.183. The first-order valence-electron chi connectivity index (χ1n) is 16.1. The molecule has 9 rings (SSSR count). The van der Waals surface area contributed by atoms with Crippen molar-refractivity contribution < 1.29 is 0 Å². The highest BCUT2D eigenvalue weighted by molar-refractivity contribution is 6.23. The van der Waals surface area contributed by atoms with Crippen molar-refractivity contribution in [3.8, 4) is 22.3 Å². The van der Waals surface area contributed by atoms with E-state index in [1.807, 2.05) is 18.3 Å². The number of fused-ring (bicyclic) bond motifs is 4. The van der Waals surface area contributed by atoms with E-state index in [0.29, 0.717) is 0 Å². The molecule has 2 nitrogen and oxygen atoms in total. The molecular weight excluding hydrogens is 569 g/mol. The predicted molar refractivity (Wildman–Crippen MR) is 200 cm³/mol. The lowest BCUT2D eigenvalue weighted by Gasteiger charge is -2.25. The average molecular weight is 599 g/mol. The minimum atomic E-state index is 0.880. The van der Waals surface area contributed by atoms with Crippen LogP contribution in [0.3, 0.4) is 0 Å². The molecule has 0 aliphatic carbocycles. The van der Waals surface area contributed by atoms with Gasteiger partial charge < -0.3 is 0 Å². The van der Waals surface area contributed by atoms with E-state index in [4.69, 9.17) is 4.98 Å². The second-order valence-corrected chi connectivity index (χ2v) is 12.0. The van der Waals surface area contributed by atoms with E-state index in [1.165, 1.54) is 65.3 Å². The van der Waals surface area contributed by atoms with Crippen molar-refractivity contribution in [2.45, 2.75) is 0 Å². The molecular formula is C45H30N2. The molecule has 0 spiro atoms. The summed E-state index contributed by atoms with van der Waals surface area (Å²) >= 11 is 0. The Balaban J connectivity index is 1.24. The van der Waals surface area contributed by atoms with Gasteiger partial charge in [-0.3, -0.25) is 4.90 Å². The van der Waals surface area contributed by atoms with Gasteiger partial charge in [-0.1, -0.05) is 140 Å². The summed E-state index contributed by atoms with van der Waals surface area (Å²) in [5.41, 5.74) is 7.12. The first kappa shape index (κ1) is 27.1. The van der Waals surface area contributed by atoms with Crippen molar-refractivity contribution in [2.75, 3.05) is 4.90 Å². The number of anilines is 3. The minimum absolute atomic E-state index is 0.880. The predicted octanol–water partition coefficient (Wildman–Crippen LogP) is 12.5. The third-order valence-corrected chi connectivity index (χ3v) is 9.27. The third kappa shape index (κ3) is 4.62. The molecule has 0 atom stereocenters. The summed E-state index contributed by atoms with van der Waals surface area (Å²) in [6, 6.07) is 63.2. The van der Waals surface area contributed by atoms with Crippen molar-refractivity contribution in [1.82, 2.24) is 4.98 Å². The highest BCUT2D eigenvalue weighted by atomic mass is 15.2. The molecule has 0 fully saturated rings. The molecule has 1 heterocycles. The zero-order chi connectivity index (χ0) is 31.2. The molecule has 9 aromatic rings. The van der Waals surface area contributed by atoms with Gasteiger partial charge in [0.05, 0.1) is 0 Å². The van der Waals surface area contributed by atoms with Crippen LogP contribution in [0.25, 0.3) is 65.3 Å². The number of aromatic nitrogens is 1. The van der Waals surface area contributed by atoms with E-state index in [0.717, 1.165) is 17.2 Å². The molecule has 0 radical (unpaired) electrons. The van der Waals surface area contributed by atoms with Crippen LogP contribution < -0.4 is 4.90 Å². The monoisotopic (exact) mass is 598 g/mol. The Morgan fingerprint density at radius 1 is 0.362 bits per heavy atom. The number of rotatable bonds is 5. The summed E-state index contributed by atoms with van der Waals surface area (Å²) < 4.78 is 0. The van der Waals surface area contributed by atoms with Gasteiger partial charge >= 0.3 is 0 Å². The maximum absolute atomic E-state index is 4.76. The van der Waals surface area contributed by atoms with Gasteiger partial charge in [-0.15, -0.1) is 0 Å². The number of hydrogen-bond acceptors (Lipinski definition) is 2. The lowest BCUT2D eigenvalue weighted by molar-refractivity contribution is 1.18. The zero-order valence-electron chi connectivity index (χ0n) is 25.7. The van der Waals surface area contributed by atoms with Gasteiger partial charge in [0.25, 0.3) is 0 Å². The van der Waals surface area contributed by atoms with Gasteiger partial charge in [-0.2, -0.15) is 0 Å². The Hall–Kier alpha value is -6.25. The summed E-state index contributed by atoms with van der Waals surface area (Å²) in [7, 11) is 0. The molecule has 47 heavy (non-hydrogen) atoms. The fraction of sp³-hybridized carbons (Fsp3) is 0. The van der Waals surface area contributed by atoms with E-state index < -0.39 is 0 Å². The first-order valence-corrected chi connectivity index (χ1v) is 16.1. The molecule has 2 heteroatoms. The second kappa shape index (κ2) is 11.3. The maximum atomic E-state index is 4.76. The number of benzene rings is 8. The molecule has 0 unspecified atom stereocenters. The Morgan fingerprint density at radius 3 is 1.60 bits per heavy atom. The molecule has 0 saturated carbocycles. The van der Waals surface area contributed by atoms with Crippen LogP contribution in [0.15, 0.2) is 182 Å². The van der Waals surface area contributed by atoms with Gasteiger partial charge in [0, 0.05) is 17.6 Å². The highest BCUT2D eigenvalue weighted by Crippen LogP contribution is 2.46. The van der Waals surface area contributed by atoms with E-state index in [-0.39, 0.29) is 0 Å². The Morgan fingerprint density at radius 2 is 0.915 bits per heavy atom. The Labute approximate surface area is 273 Å². The normalized spacial score (nSPS) is 11.4. The molecule has 0 saturated heterocycles. The van der Waals surface area contributed by atoms with Gasteiger partial charge in [0.2, 0.25) is 0 Å². The third-order valence-electron chi connectivity index (χ3n) is 9.27. The second-order valence-electron chi connectivity index (χ2n) is 12.0. The van der Waals surface area contributed by atoms with Crippen LogP contribution in [0.5, 0.6) is 0 Å². The van der Waals surface area contributed by atoms with Crippen LogP contribution in [-0.4, -0.2) is 4.98 Å². The van der Waals surface area contributed by atoms with E-state index in [9.17, 15) is 0 Å². The fourth-order valence-corrected chi connectivity index (χ4v) is 7.17. The number of pyridine rings is 1. The lowest BCUT2D eigenvalue weighted by Crippen LogP contribution is -2.11. The summed E-state index contributed by atoms with van der Waals surface area (Å²) in [4.78, 5) is 6.99. The van der Waals surface area contributed by atoms with Crippen LogP contribution >= 0.6 is 0 Å². The van der Waals surface area contributed by atoms with E-state index in [2.05, 4.69) is 169 Å². The van der Waals surface area contributed by atoms with Gasteiger partial charge in [0.15, 0.2) is 0 Å². The Bertz CT molecular complexity index is 2510. The average Bonchev–Trinajstić information content (AvgIpc) is 3.14. The number of nitrogens with zero attached hydrogens (tertiary/aromatic N) is 2. The summed E-state index contributed by atoms with van der Waals surface area (Å²) in [5, 5.41) is 9.95. The summed E-state index contributed by atoms with van der Waals surface area (Å²) in [5.74, 6) is 0.880. The van der Waals surface area contributed by atoms with Crippen molar-refractivity contribution in [3.63, 3.8) is 0 Å². The molecule has 0 aliphatic rings. The minimum Gasteiger partial charge on any atom is -0.295 e. The zero-order valence-corrected chi connectivity index (χ0v) is 25.7. The van der Waals surface area contributed by atoms with Crippen molar-refractivity contribution in [2.24, 2.45) is 0 Å². The SMILES string of the molecule is c1ccc(N(c2ccc(-c3c4ccccc4c(-c4cccc5ccccc45)c4ccccc34)cc2)c2ccc3ccccc3c2)nc1. The fourth-order valence-electron chi connectivity index (χ4n) is 7.17. The van der Waals surface area contributed by atoms with Crippen LogP contribution in [0.1, 0.15) is 0 Å². The van der Waals surface area contributed by atoms with E-state index >= 15 is 0 Å². The molecule has 0 N–H and O–H groups in total. The molecule has 8 aromatic carbocycles. The molecule has 0 aliphatic heterocycles. The van der Waals surface area contributed by atoms with Gasteiger partial charge in [-0.05, 0) is 102 Å². The van der Waals surface area contributed by atoms with Crippen LogP contribution in [0.2, 0.25) is 0 Å². The smallest absolute Gasteiger partial charge is 0.137 e. The van der Waals surface area contributed by atoms with E-state index in [1.54, 1.807) is 0 Å². The topological polar surface area (TPSA) is 16.1 Å². The van der Waals surface area contributed by atoms with Crippen molar-refractivity contribution >= 4 is 60.3 Å². The van der Waals surface area contributed by atoms with Gasteiger partial charge in [0.1, 0.15) is 5.82 Å². The standard InChI is InChI=1S/C45H30N2/c1-2-14-34-30-36(28-23-31(34)12-1)47(43-22-9-10-29-46-43)35-26-24-33(25-27-35)44-39-17-5-7-19-41(39)45(42-20-8-6-18-40(42)44)38-21-11-15-32-13-3-4-16-37(32)38/h1-30H. The highest BCUT2D eigenvalue weighted by Gasteiger charge is 2.19. The van der Waals surface area contributed by atoms with Crippen molar-refractivity contribution in [1.29, 1.82) is 0 Å².